The van der Waals surface area contributed by atoms with Crippen molar-refractivity contribution in [2.24, 2.45) is 0 Å². The van der Waals surface area contributed by atoms with Gasteiger partial charge in [-0.25, -0.2) is 0 Å². The Labute approximate surface area is 99.3 Å². The van der Waals surface area contributed by atoms with Crippen LogP contribution in [0.2, 0.25) is 0 Å². The topological polar surface area (TPSA) is 77.7 Å². The lowest BCUT2D eigenvalue weighted by Gasteiger charge is -2.27. The summed E-state index contributed by atoms with van der Waals surface area (Å²) in [5, 5.41) is 0. The van der Waals surface area contributed by atoms with Gasteiger partial charge >= 0.3 is 0 Å². The number of amides is 1. The minimum absolute atomic E-state index is 0.164. The van der Waals surface area contributed by atoms with E-state index in [0.717, 1.165) is 0 Å². The molecular weight excluding hydrogens is 222 g/mol. The zero-order valence-corrected chi connectivity index (χ0v) is 9.63. The Morgan fingerprint density at radius 2 is 2.41 bits per heavy atom. The van der Waals surface area contributed by atoms with E-state index in [9.17, 15) is 4.79 Å². The Morgan fingerprint density at radius 1 is 1.59 bits per heavy atom. The van der Waals surface area contributed by atoms with Crippen LogP contribution < -0.4 is 10.6 Å². The summed E-state index contributed by atoms with van der Waals surface area (Å²) >= 11 is 0. The van der Waals surface area contributed by atoms with E-state index in [1.807, 2.05) is 0 Å². The average Bonchev–Trinajstić information content (AvgIpc) is 2.39. The van der Waals surface area contributed by atoms with Gasteiger partial charge in [0.05, 0.1) is 37.4 Å². The lowest BCUT2D eigenvalue weighted by Crippen LogP contribution is -2.44. The third kappa shape index (κ3) is 2.54. The first-order valence-electron chi connectivity index (χ1n) is 5.36. The Hall–Kier alpha value is -1.66. The molecule has 2 heterocycles. The van der Waals surface area contributed by atoms with E-state index in [1.54, 1.807) is 19.3 Å². The molecule has 6 nitrogen and oxygen atoms in total. The Balaban J connectivity index is 2.11. The van der Waals surface area contributed by atoms with Gasteiger partial charge in [-0.15, -0.1) is 0 Å². The van der Waals surface area contributed by atoms with E-state index in [4.69, 9.17) is 15.2 Å². The standard InChI is InChI=1S/C11H15N3O3/c1-14(9-2-3-13-6-8(9)12)11(15)10-7-16-4-5-17-10/h2-3,6,10H,4-5,7,12H2,1H3. The van der Waals surface area contributed by atoms with Crippen LogP contribution in [-0.4, -0.2) is 43.9 Å². The molecule has 1 fully saturated rings. The maximum atomic E-state index is 12.1. The van der Waals surface area contributed by atoms with Crippen molar-refractivity contribution in [2.75, 3.05) is 37.5 Å². The smallest absolute Gasteiger partial charge is 0.258 e. The van der Waals surface area contributed by atoms with Gasteiger partial charge in [0.25, 0.3) is 5.91 Å². The lowest BCUT2D eigenvalue weighted by molar-refractivity contribution is -0.144. The van der Waals surface area contributed by atoms with Crippen LogP contribution >= 0.6 is 0 Å². The zero-order chi connectivity index (χ0) is 12.3. The van der Waals surface area contributed by atoms with Crippen molar-refractivity contribution in [1.82, 2.24) is 4.98 Å². The molecular formula is C11H15N3O3. The van der Waals surface area contributed by atoms with Crippen molar-refractivity contribution in [2.45, 2.75) is 6.10 Å². The molecule has 0 saturated carbocycles. The van der Waals surface area contributed by atoms with E-state index in [1.165, 1.54) is 11.1 Å². The Morgan fingerprint density at radius 3 is 3.06 bits per heavy atom. The van der Waals surface area contributed by atoms with Crippen LogP contribution in [0.3, 0.4) is 0 Å². The van der Waals surface area contributed by atoms with Crippen molar-refractivity contribution < 1.29 is 14.3 Å². The fourth-order valence-corrected chi connectivity index (χ4v) is 1.67. The molecule has 1 aromatic rings. The van der Waals surface area contributed by atoms with E-state index in [2.05, 4.69) is 4.98 Å². The molecule has 1 unspecified atom stereocenters. The van der Waals surface area contributed by atoms with Crippen molar-refractivity contribution in [3.05, 3.63) is 18.5 Å². The molecule has 2 N–H and O–H groups in total. The van der Waals surface area contributed by atoms with Gasteiger partial charge in [0.1, 0.15) is 0 Å². The first-order valence-corrected chi connectivity index (χ1v) is 5.36. The van der Waals surface area contributed by atoms with E-state index < -0.39 is 6.10 Å². The minimum Gasteiger partial charge on any atom is -0.396 e. The van der Waals surface area contributed by atoms with Crippen molar-refractivity contribution in [1.29, 1.82) is 0 Å². The summed E-state index contributed by atoms with van der Waals surface area (Å²) in [6.45, 7) is 1.26. The first kappa shape index (κ1) is 11.8. The molecule has 92 valence electrons. The number of rotatable bonds is 2. The summed E-state index contributed by atoms with van der Waals surface area (Å²) in [7, 11) is 1.66. The number of carbonyl (C=O) groups excluding carboxylic acids is 1. The molecule has 17 heavy (non-hydrogen) atoms. The SMILES string of the molecule is CN(C(=O)C1COCCO1)c1ccncc1N. The second-order valence-electron chi connectivity index (χ2n) is 3.77. The largest absolute Gasteiger partial charge is 0.396 e. The van der Waals surface area contributed by atoms with Crippen LogP contribution in [0.5, 0.6) is 0 Å². The second kappa shape index (κ2) is 5.11. The first-order chi connectivity index (χ1) is 8.20. The molecule has 2 rings (SSSR count). The highest BCUT2D eigenvalue weighted by atomic mass is 16.6. The van der Waals surface area contributed by atoms with Crippen LogP contribution in [0.25, 0.3) is 0 Å². The van der Waals surface area contributed by atoms with Gasteiger partial charge in [0.15, 0.2) is 6.10 Å². The van der Waals surface area contributed by atoms with Crippen molar-refractivity contribution in [3.8, 4) is 0 Å². The Kier molecular flexibility index (Phi) is 3.55. The molecule has 0 spiro atoms. The predicted molar refractivity (Wildman–Crippen MR) is 62.6 cm³/mol. The van der Waals surface area contributed by atoms with Gasteiger partial charge in [-0.2, -0.15) is 0 Å². The number of ether oxygens (including phenoxy) is 2. The van der Waals surface area contributed by atoms with E-state index >= 15 is 0 Å². The monoisotopic (exact) mass is 237 g/mol. The molecule has 1 atom stereocenters. The van der Waals surface area contributed by atoms with Crippen LogP contribution in [0, 0.1) is 0 Å². The highest BCUT2D eigenvalue weighted by Gasteiger charge is 2.27. The number of nitrogen functional groups attached to an aromatic ring is 1. The molecule has 1 amide bonds. The molecule has 1 aliphatic heterocycles. The number of nitrogens with zero attached hydrogens (tertiary/aromatic N) is 2. The van der Waals surface area contributed by atoms with E-state index in [-0.39, 0.29) is 12.5 Å². The number of hydrogen-bond acceptors (Lipinski definition) is 5. The average molecular weight is 237 g/mol. The van der Waals surface area contributed by atoms with Gasteiger partial charge in [0, 0.05) is 13.2 Å². The van der Waals surface area contributed by atoms with Gasteiger partial charge in [-0.05, 0) is 6.07 Å². The van der Waals surface area contributed by atoms with Crippen LogP contribution in [0.15, 0.2) is 18.5 Å². The predicted octanol–water partition coefficient (Wildman–Crippen LogP) is 0.0420. The number of aromatic nitrogens is 1. The van der Waals surface area contributed by atoms with Crippen LogP contribution in [-0.2, 0) is 14.3 Å². The second-order valence-corrected chi connectivity index (χ2v) is 3.77. The maximum Gasteiger partial charge on any atom is 0.258 e. The molecule has 1 saturated heterocycles. The summed E-state index contributed by atoms with van der Waals surface area (Å²) < 4.78 is 10.6. The Bertz CT molecular complexity index is 405. The molecule has 1 aliphatic rings. The fraction of sp³-hybridized carbons (Fsp3) is 0.455. The summed E-state index contributed by atoms with van der Waals surface area (Å²) in [4.78, 5) is 17.4. The summed E-state index contributed by atoms with van der Waals surface area (Å²) in [5.41, 5.74) is 6.84. The molecule has 0 radical (unpaired) electrons. The van der Waals surface area contributed by atoms with E-state index in [0.29, 0.717) is 24.6 Å². The van der Waals surface area contributed by atoms with Gasteiger partial charge < -0.3 is 20.1 Å². The third-order valence-electron chi connectivity index (χ3n) is 2.61. The van der Waals surface area contributed by atoms with Gasteiger partial charge in [-0.1, -0.05) is 0 Å². The highest BCUT2D eigenvalue weighted by molar-refractivity contribution is 5.98. The van der Waals surface area contributed by atoms with Gasteiger partial charge in [0.2, 0.25) is 0 Å². The fourth-order valence-electron chi connectivity index (χ4n) is 1.67. The number of nitrogens with two attached hydrogens (primary N) is 1. The third-order valence-corrected chi connectivity index (χ3v) is 2.61. The number of pyridine rings is 1. The summed E-state index contributed by atoms with van der Waals surface area (Å²) in [6, 6.07) is 1.69. The quantitative estimate of drug-likeness (QED) is 0.786. The van der Waals surface area contributed by atoms with Crippen LogP contribution in [0.4, 0.5) is 11.4 Å². The summed E-state index contributed by atoms with van der Waals surface area (Å²) in [5.74, 6) is -0.164. The number of likely N-dealkylation sites (N-methyl/N-ethyl adjacent to an activating group) is 1. The number of hydrogen-bond donors (Lipinski definition) is 1. The van der Waals surface area contributed by atoms with Gasteiger partial charge in [-0.3, -0.25) is 9.78 Å². The maximum absolute atomic E-state index is 12.1. The molecule has 0 aliphatic carbocycles. The minimum atomic E-state index is -0.554. The van der Waals surface area contributed by atoms with Crippen molar-refractivity contribution in [3.63, 3.8) is 0 Å². The number of carbonyl (C=O) groups is 1. The molecule has 6 heteroatoms. The highest BCUT2D eigenvalue weighted by Crippen LogP contribution is 2.21. The van der Waals surface area contributed by atoms with Crippen LogP contribution in [0.1, 0.15) is 0 Å². The summed E-state index contributed by atoms with van der Waals surface area (Å²) in [6.07, 6.45) is 2.55. The number of anilines is 2. The molecule has 0 bridgehead atoms. The van der Waals surface area contributed by atoms with Crippen molar-refractivity contribution >= 4 is 17.3 Å². The molecule has 0 aromatic carbocycles. The normalized spacial score (nSPS) is 19.9. The lowest BCUT2D eigenvalue weighted by atomic mass is 10.2. The molecule has 1 aromatic heterocycles. The zero-order valence-electron chi connectivity index (χ0n) is 9.63.